The van der Waals surface area contributed by atoms with Crippen LogP contribution in [0, 0.1) is 0 Å². The second-order valence-corrected chi connectivity index (χ2v) is 7.08. The number of hydrogen-bond acceptors (Lipinski definition) is 7. The smallest absolute Gasteiger partial charge is 0.187 e. The minimum atomic E-state index is -1.45. The summed E-state index contributed by atoms with van der Waals surface area (Å²) in [5.74, 6) is 0. The molecule has 134 valence electrons. The molecule has 2 aliphatic heterocycles. The van der Waals surface area contributed by atoms with E-state index in [9.17, 15) is 20.4 Å². The lowest BCUT2D eigenvalue weighted by Gasteiger charge is -2.49. The second kappa shape index (κ2) is 6.76. The average Bonchev–Trinajstić information content (AvgIpc) is 2.49. The third kappa shape index (κ3) is 3.76. The second-order valence-electron chi connectivity index (χ2n) is 7.08. The van der Waals surface area contributed by atoms with Gasteiger partial charge in [0.25, 0.3) is 0 Å². The van der Waals surface area contributed by atoms with Crippen molar-refractivity contribution < 1.29 is 34.6 Å². The van der Waals surface area contributed by atoms with Gasteiger partial charge in [-0.3, -0.25) is 0 Å². The molecular weight excluding hydrogens is 304 g/mol. The summed E-state index contributed by atoms with van der Waals surface area (Å²) in [6.07, 6.45) is -3.64. The standard InChI is InChI=1S/C16H28O7/c1-5-16(4)7-6-10(15(2,3)23-16)22-14-13(20)12(19)11(18)9(8-17)21-14/h5,9-14,17-20H,1,6-8H2,2-4H3/t9-,10-,11-,12+,13-,14+,16-/m1/s1. The van der Waals surface area contributed by atoms with Crippen LogP contribution < -0.4 is 0 Å². The minimum absolute atomic E-state index is 0.378. The van der Waals surface area contributed by atoms with Gasteiger partial charge in [-0.1, -0.05) is 6.08 Å². The Labute approximate surface area is 136 Å². The van der Waals surface area contributed by atoms with Crippen molar-refractivity contribution in [3.8, 4) is 0 Å². The van der Waals surface area contributed by atoms with Gasteiger partial charge in [0.2, 0.25) is 0 Å². The van der Waals surface area contributed by atoms with Crippen molar-refractivity contribution in [2.45, 2.75) is 81.6 Å². The largest absolute Gasteiger partial charge is 0.394 e. The highest BCUT2D eigenvalue weighted by Crippen LogP contribution is 2.39. The maximum absolute atomic E-state index is 10.1. The fourth-order valence-corrected chi connectivity index (χ4v) is 3.20. The van der Waals surface area contributed by atoms with Gasteiger partial charge in [0.15, 0.2) is 6.29 Å². The molecule has 4 N–H and O–H groups in total. The van der Waals surface area contributed by atoms with Crippen molar-refractivity contribution >= 4 is 0 Å². The molecular formula is C16H28O7. The molecule has 2 heterocycles. The van der Waals surface area contributed by atoms with Crippen LogP contribution in [0.4, 0.5) is 0 Å². The van der Waals surface area contributed by atoms with Gasteiger partial charge in [-0.05, 0) is 33.6 Å². The van der Waals surface area contributed by atoms with E-state index >= 15 is 0 Å². The number of rotatable bonds is 4. The Morgan fingerprint density at radius 3 is 2.35 bits per heavy atom. The quantitative estimate of drug-likeness (QED) is 0.524. The van der Waals surface area contributed by atoms with E-state index in [0.717, 1.165) is 0 Å². The molecule has 0 saturated carbocycles. The normalized spacial score (nSPS) is 47.3. The Morgan fingerprint density at radius 1 is 1.17 bits per heavy atom. The van der Waals surface area contributed by atoms with E-state index in [0.29, 0.717) is 12.8 Å². The summed E-state index contributed by atoms with van der Waals surface area (Å²) in [5.41, 5.74) is -1.10. The van der Waals surface area contributed by atoms with Crippen LogP contribution >= 0.6 is 0 Å². The molecule has 0 unspecified atom stereocenters. The van der Waals surface area contributed by atoms with Crippen LogP contribution in [-0.4, -0.2) is 75.0 Å². The lowest BCUT2D eigenvalue weighted by molar-refractivity contribution is -0.334. The molecule has 7 heteroatoms. The molecule has 0 amide bonds. The molecule has 2 saturated heterocycles. The molecule has 0 spiro atoms. The average molecular weight is 332 g/mol. The van der Waals surface area contributed by atoms with Crippen molar-refractivity contribution in [2.24, 2.45) is 0 Å². The van der Waals surface area contributed by atoms with Gasteiger partial charge in [0, 0.05) is 0 Å². The predicted molar refractivity (Wildman–Crippen MR) is 81.6 cm³/mol. The zero-order valence-corrected chi connectivity index (χ0v) is 13.9. The fraction of sp³-hybridized carbons (Fsp3) is 0.875. The number of aliphatic hydroxyl groups excluding tert-OH is 4. The Kier molecular flexibility index (Phi) is 5.52. The number of aliphatic hydroxyl groups is 4. The van der Waals surface area contributed by atoms with Gasteiger partial charge in [-0.2, -0.15) is 0 Å². The van der Waals surface area contributed by atoms with Crippen LogP contribution in [0.2, 0.25) is 0 Å². The minimum Gasteiger partial charge on any atom is -0.394 e. The van der Waals surface area contributed by atoms with Gasteiger partial charge in [-0.25, -0.2) is 0 Å². The Hall–Kier alpha value is -0.540. The first kappa shape index (κ1) is 18.8. The van der Waals surface area contributed by atoms with E-state index in [4.69, 9.17) is 14.2 Å². The SMILES string of the molecule is C=C[C@]1(C)CC[C@@H](O[C@@H]2O[C@H](CO)[C@@H](O)[C@H](O)[C@H]2O)C(C)(C)O1. The topological polar surface area (TPSA) is 109 Å². The van der Waals surface area contributed by atoms with E-state index in [1.54, 1.807) is 6.08 Å². The first-order chi connectivity index (χ1) is 10.6. The third-order valence-electron chi connectivity index (χ3n) is 4.75. The van der Waals surface area contributed by atoms with E-state index in [2.05, 4.69) is 6.58 Å². The number of hydrogen-bond donors (Lipinski definition) is 4. The van der Waals surface area contributed by atoms with Crippen molar-refractivity contribution in [1.82, 2.24) is 0 Å². The van der Waals surface area contributed by atoms with E-state index in [1.807, 2.05) is 20.8 Å². The van der Waals surface area contributed by atoms with E-state index < -0.39 is 48.5 Å². The lowest BCUT2D eigenvalue weighted by atomic mass is 9.85. The molecule has 0 aliphatic carbocycles. The Bertz CT molecular complexity index is 425. The number of ether oxygens (including phenoxy) is 3. The van der Waals surface area contributed by atoms with Gasteiger partial charge >= 0.3 is 0 Å². The molecule has 23 heavy (non-hydrogen) atoms. The molecule has 0 bridgehead atoms. The van der Waals surface area contributed by atoms with E-state index in [1.165, 1.54) is 0 Å². The summed E-state index contributed by atoms with van der Waals surface area (Å²) < 4.78 is 17.3. The van der Waals surface area contributed by atoms with Crippen molar-refractivity contribution in [1.29, 1.82) is 0 Å². The molecule has 2 fully saturated rings. The summed E-state index contributed by atoms with van der Waals surface area (Å²) >= 11 is 0. The van der Waals surface area contributed by atoms with Crippen LogP contribution in [0.1, 0.15) is 33.6 Å². The van der Waals surface area contributed by atoms with E-state index in [-0.39, 0.29) is 6.10 Å². The van der Waals surface area contributed by atoms with Crippen molar-refractivity contribution in [2.75, 3.05) is 6.61 Å². The fourth-order valence-electron chi connectivity index (χ4n) is 3.20. The zero-order valence-electron chi connectivity index (χ0n) is 13.9. The van der Waals surface area contributed by atoms with Gasteiger partial charge in [-0.15, -0.1) is 6.58 Å². The highest BCUT2D eigenvalue weighted by atomic mass is 16.7. The molecule has 0 aromatic rings. The zero-order chi connectivity index (χ0) is 17.4. The lowest BCUT2D eigenvalue weighted by Crippen LogP contribution is -2.61. The first-order valence-electron chi connectivity index (χ1n) is 7.93. The van der Waals surface area contributed by atoms with Gasteiger partial charge in [0.05, 0.1) is 23.9 Å². The van der Waals surface area contributed by atoms with Crippen LogP contribution in [0.15, 0.2) is 12.7 Å². The maximum atomic E-state index is 10.1. The summed E-state index contributed by atoms with van der Waals surface area (Å²) in [6, 6.07) is 0. The van der Waals surface area contributed by atoms with Gasteiger partial charge in [0.1, 0.15) is 24.4 Å². The van der Waals surface area contributed by atoms with Crippen LogP contribution in [-0.2, 0) is 14.2 Å². The Balaban J connectivity index is 2.07. The van der Waals surface area contributed by atoms with Crippen LogP contribution in [0.5, 0.6) is 0 Å². The molecule has 2 rings (SSSR count). The summed E-state index contributed by atoms with van der Waals surface area (Å²) in [4.78, 5) is 0. The Morgan fingerprint density at radius 2 is 1.83 bits per heavy atom. The summed E-state index contributed by atoms with van der Waals surface area (Å²) in [6.45, 7) is 9.02. The molecule has 0 aromatic heterocycles. The van der Waals surface area contributed by atoms with Crippen LogP contribution in [0.3, 0.4) is 0 Å². The maximum Gasteiger partial charge on any atom is 0.187 e. The van der Waals surface area contributed by atoms with Crippen molar-refractivity contribution in [3.05, 3.63) is 12.7 Å². The molecule has 0 radical (unpaired) electrons. The predicted octanol–water partition coefficient (Wildman–Crippen LogP) is -0.295. The summed E-state index contributed by atoms with van der Waals surface area (Å²) in [5, 5.41) is 38.9. The third-order valence-corrected chi connectivity index (χ3v) is 4.75. The molecule has 7 atom stereocenters. The highest BCUT2D eigenvalue weighted by molar-refractivity contribution is 5.02. The highest BCUT2D eigenvalue weighted by Gasteiger charge is 2.49. The van der Waals surface area contributed by atoms with Gasteiger partial charge < -0.3 is 34.6 Å². The molecule has 0 aromatic carbocycles. The van der Waals surface area contributed by atoms with Crippen molar-refractivity contribution in [3.63, 3.8) is 0 Å². The first-order valence-corrected chi connectivity index (χ1v) is 7.93. The monoisotopic (exact) mass is 332 g/mol. The molecule has 7 nitrogen and oxygen atoms in total. The summed E-state index contributed by atoms with van der Waals surface area (Å²) in [7, 11) is 0. The molecule has 2 aliphatic rings. The van der Waals surface area contributed by atoms with Crippen LogP contribution in [0.25, 0.3) is 0 Å².